The minimum Gasteiger partial charge on any atom is -0.497 e. The predicted octanol–water partition coefficient (Wildman–Crippen LogP) is 1.89. The maximum atomic E-state index is 12.3. The van der Waals surface area contributed by atoms with E-state index in [1.54, 1.807) is 7.11 Å². The number of hydrogen-bond acceptors (Lipinski definition) is 3. The minimum atomic E-state index is -0.0679. The summed E-state index contributed by atoms with van der Waals surface area (Å²) in [6.45, 7) is 0.595. The lowest BCUT2D eigenvalue weighted by Crippen LogP contribution is -2.27. The Kier molecular flexibility index (Phi) is 4.13. The Bertz CT molecular complexity index is 691. The van der Waals surface area contributed by atoms with Crippen molar-refractivity contribution in [3.63, 3.8) is 0 Å². The summed E-state index contributed by atoms with van der Waals surface area (Å²) >= 11 is 0. The number of hydrogen-bond donors (Lipinski definition) is 1. The summed E-state index contributed by atoms with van der Waals surface area (Å²) in [6.07, 6.45) is 3.88. The Balaban J connectivity index is 1.60. The number of ether oxygens (including phenoxy) is 1. The molecule has 1 aliphatic carbocycles. The van der Waals surface area contributed by atoms with E-state index in [0.717, 1.165) is 42.6 Å². The molecular formula is C17H21N3O2. The quantitative estimate of drug-likeness (QED) is 0.917. The van der Waals surface area contributed by atoms with Gasteiger partial charge in [-0.25, -0.2) is 0 Å². The van der Waals surface area contributed by atoms with Crippen LogP contribution in [0.5, 0.6) is 5.75 Å². The van der Waals surface area contributed by atoms with E-state index in [2.05, 4.69) is 10.4 Å². The number of aryl methyl sites for hydroxylation is 1. The van der Waals surface area contributed by atoms with E-state index in [4.69, 9.17) is 4.74 Å². The molecule has 1 aliphatic rings. The van der Waals surface area contributed by atoms with Gasteiger partial charge in [-0.15, -0.1) is 0 Å². The van der Waals surface area contributed by atoms with Crippen LogP contribution in [0.1, 0.15) is 33.7 Å². The number of rotatable bonds is 5. The molecule has 0 saturated heterocycles. The van der Waals surface area contributed by atoms with E-state index < -0.39 is 0 Å². The van der Waals surface area contributed by atoms with E-state index >= 15 is 0 Å². The van der Waals surface area contributed by atoms with Crippen LogP contribution in [-0.2, 0) is 26.3 Å². The van der Waals surface area contributed by atoms with Gasteiger partial charge in [0.2, 0.25) is 0 Å². The minimum absolute atomic E-state index is 0.0679. The normalized spacial score (nSPS) is 13.0. The van der Waals surface area contributed by atoms with Gasteiger partial charge in [-0.3, -0.25) is 9.48 Å². The van der Waals surface area contributed by atoms with Gasteiger partial charge < -0.3 is 10.1 Å². The van der Waals surface area contributed by atoms with E-state index in [1.165, 1.54) is 5.69 Å². The molecule has 1 heterocycles. The Labute approximate surface area is 130 Å². The first-order valence-corrected chi connectivity index (χ1v) is 7.65. The van der Waals surface area contributed by atoms with Crippen molar-refractivity contribution in [1.82, 2.24) is 15.1 Å². The highest BCUT2D eigenvalue weighted by atomic mass is 16.5. The van der Waals surface area contributed by atoms with E-state index in [0.29, 0.717) is 12.2 Å². The van der Waals surface area contributed by atoms with Gasteiger partial charge in [-0.05, 0) is 43.4 Å². The zero-order valence-electron chi connectivity index (χ0n) is 13.1. The molecule has 3 rings (SSSR count). The topological polar surface area (TPSA) is 56.1 Å². The third kappa shape index (κ3) is 2.84. The Morgan fingerprint density at radius 2 is 2.27 bits per heavy atom. The standard InChI is InChI=1S/C17H21N3O2/c1-20-15-8-4-7-14(15)16(19-20)17(21)18-10-9-12-5-3-6-13(11-12)22-2/h3,5-6,11H,4,7-10H2,1-2H3,(H,18,21). The third-order valence-electron chi connectivity index (χ3n) is 4.16. The molecule has 0 bridgehead atoms. The number of amides is 1. The van der Waals surface area contributed by atoms with Gasteiger partial charge in [0.15, 0.2) is 5.69 Å². The van der Waals surface area contributed by atoms with Crippen LogP contribution in [0.3, 0.4) is 0 Å². The smallest absolute Gasteiger partial charge is 0.272 e. The molecule has 5 heteroatoms. The summed E-state index contributed by atoms with van der Waals surface area (Å²) in [4.78, 5) is 12.3. The van der Waals surface area contributed by atoms with Crippen LogP contribution in [0.25, 0.3) is 0 Å². The maximum absolute atomic E-state index is 12.3. The molecule has 0 atom stereocenters. The van der Waals surface area contributed by atoms with Crippen molar-refractivity contribution in [3.05, 3.63) is 46.8 Å². The molecule has 0 aliphatic heterocycles. The van der Waals surface area contributed by atoms with Crippen molar-refractivity contribution in [2.45, 2.75) is 25.7 Å². The Morgan fingerprint density at radius 1 is 1.41 bits per heavy atom. The molecule has 0 unspecified atom stereocenters. The zero-order valence-corrected chi connectivity index (χ0v) is 13.1. The molecule has 0 radical (unpaired) electrons. The summed E-state index contributed by atoms with van der Waals surface area (Å²) in [6, 6.07) is 7.90. The van der Waals surface area contributed by atoms with Gasteiger partial charge in [-0.1, -0.05) is 12.1 Å². The fourth-order valence-corrected chi connectivity index (χ4v) is 3.03. The summed E-state index contributed by atoms with van der Waals surface area (Å²) in [7, 11) is 3.57. The molecule has 5 nitrogen and oxygen atoms in total. The number of aromatic nitrogens is 2. The summed E-state index contributed by atoms with van der Waals surface area (Å²) in [5, 5.41) is 7.34. The second-order valence-corrected chi connectivity index (χ2v) is 5.61. The second kappa shape index (κ2) is 6.22. The number of benzene rings is 1. The van der Waals surface area contributed by atoms with Crippen molar-refractivity contribution in [2.75, 3.05) is 13.7 Å². The average molecular weight is 299 g/mol. The molecular weight excluding hydrogens is 278 g/mol. The lowest BCUT2D eigenvalue weighted by atomic mass is 10.1. The van der Waals surface area contributed by atoms with E-state index in [9.17, 15) is 4.79 Å². The fourth-order valence-electron chi connectivity index (χ4n) is 3.03. The highest BCUT2D eigenvalue weighted by Crippen LogP contribution is 2.24. The van der Waals surface area contributed by atoms with Crippen LogP contribution < -0.4 is 10.1 Å². The van der Waals surface area contributed by atoms with Gasteiger partial charge >= 0.3 is 0 Å². The molecule has 0 spiro atoms. The monoisotopic (exact) mass is 299 g/mol. The van der Waals surface area contributed by atoms with Crippen molar-refractivity contribution in [3.8, 4) is 5.75 Å². The molecule has 22 heavy (non-hydrogen) atoms. The Morgan fingerprint density at radius 3 is 3.09 bits per heavy atom. The number of nitrogens with zero attached hydrogens (tertiary/aromatic N) is 2. The SMILES string of the molecule is COc1cccc(CCNC(=O)c2nn(C)c3c2CCC3)c1. The van der Waals surface area contributed by atoms with Crippen LogP contribution in [0.15, 0.2) is 24.3 Å². The van der Waals surface area contributed by atoms with Gasteiger partial charge in [0.1, 0.15) is 5.75 Å². The predicted molar refractivity (Wildman–Crippen MR) is 84.3 cm³/mol. The fraction of sp³-hybridized carbons (Fsp3) is 0.412. The lowest BCUT2D eigenvalue weighted by molar-refractivity contribution is 0.0947. The largest absolute Gasteiger partial charge is 0.497 e. The van der Waals surface area contributed by atoms with Crippen LogP contribution in [0.2, 0.25) is 0 Å². The van der Waals surface area contributed by atoms with Crippen LogP contribution in [0.4, 0.5) is 0 Å². The highest BCUT2D eigenvalue weighted by Gasteiger charge is 2.24. The van der Waals surface area contributed by atoms with E-state index in [-0.39, 0.29) is 5.91 Å². The molecule has 2 aromatic rings. The molecule has 116 valence electrons. The number of carbonyl (C=O) groups is 1. The van der Waals surface area contributed by atoms with E-state index in [1.807, 2.05) is 36.0 Å². The second-order valence-electron chi connectivity index (χ2n) is 5.61. The first-order valence-electron chi connectivity index (χ1n) is 7.65. The summed E-state index contributed by atoms with van der Waals surface area (Å²) in [5.41, 5.74) is 4.07. The molecule has 0 saturated carbocycles. The molecule has 1 N–H and O–H groups in total. The van der Waals surface area contributed by atoms with Crippen molar-refractivity contribution >= 4 is 5.91 Å². The van der Waals surface area contributed by atoms with Gasteiger partial charge in [0.25, 0.3) is 5.91 Å². The van der Waals surface area contributed by atoms with Crippen LogP contribution in [-0.4, -0.2) is 29.3 Å². The number of fused-ring (bicyclic) bond motifs is 1. The third-order valence-corrected chi connectivity index (χ3v) is 4.16. The number of carbonyl (C=O) groups excluding carboxylic acids is 1. The molecule has 1 aromatic heterocycles. The lowest BCUT2D eigenvalue weighted by Gasteiger charge is -2.06. The first-order chi connectivity index (χ1) is 10.7. The summed E-state index contributed by atoms with van der Waals surface area (Å²) in [5.74, 6) is 0.771. The van der Waals surface area contributed by atoms with Crippen molar-refractivity contribution in [2.24, 2.45) is 7.05 Å². The first kappa shape index (κ1) is 14.6. The molecule has 1 aromatic carbocycles. The van der Waals surface area contributed by atoms with Gasteiger partial charge in [0, 0.05) is 24.8 Å². The van der Waals surface area contributed by atoms with Crippen molar-refractivity contribution in [1.29, 1.82) is 0 Å². The molecule has 0 fully saturated rings. The average Bonchev–Trinajstić information content (AvgIpc) is 3.12. The maximum Gasteiger partial charge on any atom is 0.272 e. The number of methoxy groups -OCH3 is 1. The van der Waals surface area contributed by atoms with Crippen molar-refractivity contribution < 1.29 is 9.53 Å². The summed E-state index contributed by atoms with van der Waals surface area (Å²) < 4.78 is 7.05. The van der Waals surface area contributed by atoms with Crippen LogP contribution in [0, 0.1) is 0 Å². The van der Waals surface area contributed by atoms with Crippen LogP contribution >= 0.6 is 0 Å². The zero-order chi connectivity index (χ0) is 15.5. The van der Waals surface area contributed by atoms with Gasteiger partial charge in [-0.2, -0.15) is 5.10 Å². The molecule has 1 amide bonds. The number of nitrogens with one attached hydrogen (secondary N) is 1. The Hall–Kier alpha value is -2.30. The van der Waals surface area contributed by atoms with Gasteiger partial charge in [0.05, 0.1) is 7.11 Å². The highest BCUT2D eigenvalue weighted by molar-refractivity contribution is 5.94.